The summed E-state index contributed by atoms with van der Waals surface area (Å²) >= 11 is 0. The van der Waals surface area contributed by atoms with Gasteiger partial charge in [0.15, 0.2) is 5.96 Å². The first-order valence-electron chi connectivity index (χ1n) is 11.0. The minimum Gasteiger partial charge on any atom is -0.363 e. The summed E-state index contributed by atoms with van der Waals surface area (Å²) in [5.41, 5.74) is 4.15. The van der Waals surface area contributed by atoms with E-state index in [1.807, 2.05) is 62.3 Å². The molecule has 1 atom stereocenters. The lowest BCUT2D eigenvalue weighted by Gasteiger charge is -2.26. The summed E-state index contributed by atoms with van der Waals surface area (Å²) in [6, 6.07) is 18.2. The van der Waals surface area contributed by atoms with Crippen LogP contribution in [0.5, 0.6) is 0 Å². The number of nitrogens with zero attached hydrogens (tertiary/aromatic N) is 3. The highest BCUT2D eigenvalue weighted by molar-refractivity contribution is 14.0. The Morgan fingerprint density at radius 1 is 1.15 bits per heavy atom. The first-order valence-corrected chi connectivity index (χ1v) is 11.0. The van der Waals surface area contributed by atoms with E-state index in [0.29, 0.717) is 19.5 Å². The fourth-order valence-corrected chi connectivity index (χ4v) is 4.00. The lowest BCUT2D eigenvalue weighted by atomic mass is 9.90. The summed E-state index contributed by atoms with van der Waals surface area (Å²) in [5.74, 6) is 1.81. The number of halogens is 1. The van der Waals surface area contributed by atoms with Gasteiger partial charge in [0.1, 0.15) is 5.82 Å². The van der Waals surface area contributed by atoms with E-state index in [0.717, 1.165) is 46.0 Å². The zero-order chi connectivity index (χ0) is 22.5. The minimum atomic E-state index is 0. The first kappa shape index (κ1) is 24.8. The second kappa shape index (κ2) is 11.3. The molecule has 7 nitrogen and oxygen atoms in total. The van der Waals surface area contributed by atoms with Gasteiger partial charge in [-0.3, -0.25) is 4.79 Å². The van der Waals surface area contributed by atoms with Crippen LogP contribution in [0, 0.1) is 0 Å². The Kier molecular flexibility index (Phi) is 8.49. The number of aliphatic imine (C=N–C) groups is 1. The molecule has 4 rings (SSSR count). The molecule has 0 fully saturated rings. The molecule has 2 aromatic carbocycles. The van der Waals surface area contributed by atoms with Gasteiger partial charge < -0.3 is 20.9 Å². The van der Waals surface area contributed by atoms with E-state index in [-0.39, 0.29) is 35.8 Å². The quantitative estimate of drug-likeness (QED) is 0.241. The van der Waals surface area contributed by atoms with Crippen molar-refractivity contribution in [3.8, 4) is 0 Å². The van der Waals surface area contributed by atoms with Crippen LogP contribution >= 0.6 is 24.0 Å². The number of pyridine rings is 1. The zero-order valence-electron chi connectivity index (χ0n) is 19.3. The van der Waals surface area contributed by atoms with E-state index < -0.39 is 0 Å². The molecule has 2 heterocycles. The average molecular weight is 558 g/mol. The predicted molar refractivity (Wildman–Crippen MR) is 147 cm³/mol. The molecule has 33 heavy (non-hydrogen) atoms. The molecule has 1 unspecified atom stereocenters. The molecule has 0 radical (unpaired) electrons. The van der Waals surface area contributed by atoms with Crippen LogP contribution in [0.15, 0.2) is 59.6 Å². The van der Waals surface area contributed by atoms with Gasteiger partial charge in [-0.15, -0.1) is 24.0 Å². The van der Waals surface area contributed by atoms with E-state index >= 15 is 0 Å². The Hall–Kier alpha value is -2.88. The van der Waals surface area contributed by atoms with Crippen molar-refractivity contribution < 1.29 is 4.79 Å². The molecule has 0 saturated heterocycles. The molecule has 1 amide bonds. The van der Waals surface area contributed by atoms with Crippen LogP contribution in [0.2, 0.25) is 0 Å². The Labute approximate surface area is 212 Å². The topological polar surface area (TPSA) is 81.7 Å². The Bertz CT molecular complexity index is 1150. The second-order valence-electron chi connectivity index (χ2n) is 8.16. The van der Waals surface area contributed by atoms with Crippen molar-refractivity contribution in [2.75, 3.05) is 37.4 Å². The number of hydrogen-bond acceptors (Lipinski definition) is 4. The maximum atomic E-state index is 12.1. The highest BCUT2D eigenvalue weighted by atomic mass is 127. The van der Waals surface area contributed by atoms with Crippen LogP contribution in [-0.4, -0.2) is 44.0 Å². The lowest BCUT2D eigenvalue weighted by molar-refractivity contribution is -0.116. The largest absolute Gasteiger partial charge is 0.363 e. The Balaban J connectivity index is 0.00000306. The molecule has 174 valence electrons. The molecular formula is C25H31IN6O. The van der Waals surface area contributed by atoms with Gasteiger partial charge >= 0.3 is 0 Å². The van der Waals surface area contributed by atoms with Crippen LogP contribution in [0.25, 0.3) is 10.9 Å². The summed E-state index contributed by atoms with van der Waals surface area (Å²) in [7, 11) is 3.99. The predicted octanol–water partition coefficient (Wildman–Crippen LogP) is 4.10. The van der Waals surface area contributed by atoms with Crippen LogP contribution in [0.1, 0.15) is 30.4 Å². The number of carbonyl (C=O) groups excluding carboxylic acids is 1. The second-order valence-corrected chi connectivity index (χ2v) is 8.16. The number of guanidine groups is 1. The number of carbonyl (C=O) groups is 1. The molecule has 0 bridgehead atoms. The third-order valence-electron chi connectivity index (χ3n) is 5.62. The number of rotatable bonds is 6. The van der Waals surface area contributed by atoms with Crippen LogP contribution in [0.3, 0.4) is 0 Å². The summed E-state index contributed by atoms with van der Waals surface area (Å²) in [4.78, 5) is 23.7. The van der Waals surface area contributed by atoms with Gasteiger partial charge in [0.2, 0.25) is 5.91 Å². The maximum Gasteiger partial charge on any atom is 0.225 e. The van der Waals surface area contributed by atoms with Gasteiger partial charge in [0, 0.05) is 50.6 Å². The van der Waals surface area contributed by atoms with E-state index in [1.165, 1.54) is 0 Å². The van der Waals surface area contributed by atoms with Crippen molar-refractivity contribution in [3.63, 3.8) is 0 Å². The lowest BCUT2D eigenvalue weighted by Crippen LogP contribution is -2.40. The zero-order valence-corrected chi connectivity index (χ0v) is 21.6. The number of nitrogens with one attached hydrogen (secondary N) is 3. The molecule has 3 N–H and O–H groups in total. The Morgan fingerprint density at radius 3 is 2.70 bits per heavy atom. The third-order valence-corrected chi connectivity index (χ3v) is 5.62. The van der Waals surface area contributed by atoms with E-state index in [4.69, 9.17) is 9.98 Å². The Morgan fingerprint density at radius 2 is 1.91 bits per heavy atom. The molecule has 1 aliphatic rings. The van der Waals surface area contributed by atoms with Crippen molar-refractivity contribution in [1.29, 1.82) is 0 Å². The molecule has 1 aromatic heterocycles. The van der Waals surface area contributed by atoms with Crippen molar-refractivity contribution >= 4 is 58.3 Å². The summed E-state index contributed by atoms with van der Waals surface area (Å²) in [6.45, 7) is 3.97. The van der Waals surface area contributed by atoms with Crippen molar-refractivity contribution in [3.05, 3.63) is 65.7 Å². The van der Waals surface area contributed by atoms with Crippen LogP contribution in [0.4, 0.5) is 11.5 Å². The van der Waals surface area contributed by atoms with Crippen molar-refractivity contribution in [1.82, 2.24) is 15.6 Å². The van der Waals surface area contributed by atoms with Gasteiger partial charge in [-0.25, -0.2) is 9.98 Å². The highest BCUT2D eigenvalue weighted by Gasteiger charge is 2.24. The van der Waals surface area contributed by atoms with Crippen molar-refractivity contribution in [2.24, 2.45) is 4.99 Å². The molecule has 1 aliphatic heterocycles. The van der Waals surface area contributed by atoms with Crippen LogP contribution < -0.4 is 20.9 Å². The molecule has 0 saturated carbocycles. The van der Waals surface area contributed by atoms with Crippen molar-refractivity contribution in [2.45, 2.75) is 25.8 Å². The SMILES string of the molecule is CCNC(=NCc1cc(N(C)C)nc2ccccc12)NCC1CC(=O)Nc2ccccc21.I. The van der Waals surface area contributed by atoms with Gasteiger partial charge in [-0.2, -0.15) is 0 Å². The number of fused-ring (bicyclic) bond motifs is 2. The minimum absolute atomic E-state index is 0. The molecule has 0 aliphatic carbocycles. The molecular weight excluding hydrogens is 527 g/mol. The van der Waals surface area contributed by atoms with Gasteiger partial charge in [-0.1, -0.05) is 36.4 Å². The molecule has 3 aromatic rings. The number of anilines is 2. The monoisotopic (exact) mass is 558 g/mol. The number of aromatic nitrogens is 1. The molecule has 0 spiro atoms. The normalized spacial score (nSPS) is 15.3. The van der Waals surface area contributed by atoms with E-state index in [1.54, 1.807) is 0 Å². The number of benzene rings is 2. The van der Waals surface area contributed by atoms with E-state index in [9.17, 15) is 4.79 Å². The highest BCUT2D eigenvalue weighted by Crippen LogP contribution is 2.31. The first-order chi connectivity index (χ1) is 15.5. The average Bonchev–Trinajstić information content (AvgIpc) is 2.80. The summed E-state index contributed by atoms with van der Waals surface area (Å²) in [6.07, 6.45) is 0.463. The van der Waals surface area contributed by atoms with Crippen LogP contribution in [-0.2, 0) is 11.3 Å². The fourth-order valence-electron chi connectivity index (χ4n) is 4.00. The third kappa shape index (κ3) is 5.93. The van der Waals surface area contributed by atoms with Gasteiger partial charge in [0.25, 0.3) is 0 Å². The summed E-state index contributed by atoms with van der Waals surface area (Å²) in [5, 5.41) is 10.8. The smallest absolute Gasteiger partial charge is 0.225 e. The maximum absolute atomic E-state index is 12.1. The van der Waals surface area contributed by atoms with E-state index in [2.05, 4.69) is 34.1 Å². The fraction of sp³-hybridized carbons (Fsp3) is 0.320. The summed E-state index contributed by atoms with van der Waals surface area (Å²) < 4.78 is 0. The number of hydrogen-bond donors (Lipinski definition) is 3. The van der Waals surface area contributed by atoms with Gasteiger partial charge in [0.05, 0.1) is 12.1 Å². The number of amides is 1. The molecule has 8 heteroatoms. The number of para-hydroxylation sites is 2. The van der Waals surface area contributed by atoms with Gasteiger partial charge in [-0.05, 0) is 36.2 Å². The standard InChI is InChI=1S/C25H30N6O.HI/c1-4-26-25(28-16-18-14-24(32)30-22-12-8-6-10-20(18)22)27-15-17-13-23(31(2)3)29-21-11-7-5-9-19(17)21;/h5-13,18H,4,14-16H2,1-3H3,(H,30,32)(H2,26,27,28);1H.